The minimum absolute atomic E-state index is 0.0463. The van der Waals surface area contributed by atoms with Crippen LogP contribution in [-0.4, -0.2) is 11.2 Å². The molecule has 1 amide bonds. The molecule has 0 saturated heterocycles. The molecule has 1 unspecified atom stereocenters. The minimum atomic E-state index is -0.0463. The Morgan fingerprint density at radius 2 is 1.81 bits per heavy atom. The van der Waals surface area contributed by atoms with Crippen LogP contribution in [0.1, 0.15) is 23.6 Å². The van der Waals surface area contributed by atoms with Crippen molar-refractivity contribution in [2.75, 3.05) is 0 Å². The maximum atomic E-state index is 12.1. The van der Waals surface area contributed by atoms with Gasteiger partial charge >= 0.3 is 0 Å². The van der Waals surface area contributed by atoms with Gasteiger partial charge in [-0.1, -0.05) is 60.2 Å². The maximum absolute atomic E-state index is 12.1. The number of aryl methyl sites for hydroxylation is 1. The van der Waals surface area contributed by atoms with Gasteiger partial charge in [0.1, 0.15) is 0 Å². The van der Waals surface area contributed by atoms with E-state index in [4.69, 9.17) is 0 Å². The molecule has 0 radical (unpaired) electrons. The van der Waals surface area contributed by atoms with Crippen molar-refractivity contribution in [1.82, 2.24) is 5.32 Å². The number of benzene rings is 2. The van der Waals surface area contributed by atoms with Gasteiger partial charge in [0.15, 0.2) is 0 Å². The summed E-state index contributed by atoms with van der Waals surface area (Å²) in [5.41, 5.74) is 3.61. The van der Waals surface area contributed by atoms with Crippen molar-refractivity contribution >= 4 is 17.7 Å². The molecule has 1 atom stereocenters. The van der Waals surface area contributed by atoms with E-state index in [9.17, 15) is 4.79 Å². The van der Waals surface area contributed by atoms with Crippen LogP contribution in [0, 0.1) is 6.92 Å². The van der Waals surface area contributed by atoms with Crippen molar-refractivity contribution in [3.05, 3.63) is 71.3 Å². The van der Waals surface area contributed by atoms with Crippen molar-refractivity contribution in [3.63, 3.8) is 0 Å². The topological polar surface area (TPSA) is 29.1 Å². The zero-order valence-corrected chi connectivity index (χ0v) is 13.3. The number of hydrogen-bond acceptors (Lipinski definition) is 2. The van der Waals surface area contributed by atoms with E-state index >= 15 is 0 Å². The average molecular weight is 299 g/mol. The van der Waals surface area contributed by atoms with E-state index in [1.54, 1.807) is 11.8 Å². The third-order valence-electron chi connectivity index (χ3n) is 3.26. The van der Waals surface area contributed by atoms with Crippen molar-refractivity contribution in [1.29, 1.82) is 0 Å². The Labute approximate surface area is 131 Å². The van der Waals surface area contributed by atoms with Gasteiger partial charge in [0.2, 0.25) is 5.91 Å². The second-order valence-electron chi connectivity index (χ2n) is 5.15. The molecule has 0 saturated carbocycles. The molecule has 0 aliphatic heterocycles. The lowest BCUT2D eigenvalue weighted by molar-refractivity contribution is -0.120. The molecule has 3 heteroatoms. The Balaban J connectivity index is 1.77. The van der Waals surface area contributed by atoms with E-state index in [1.165, 1.54) is 11.1 Å². The van der Waals surface area contributed by atoms with Crippen molar-refractivity contribution in [2.45, 2.75) is 31.4 Å². The fourth-order valence-electron chi connectivity index (χ4n) is 2.03. The highest BCUT2D eigenvalue weighted by Gasteiger charge is 2.12. The average Bonchev–Trinajstić information content (AvgIpc) is 2.51. The molecular formula is C18H21NOS. The van der Waals surface area contributed by atoms with E-state index in [0.717, 1.165) is 11.3 Å². The van der Waals surface area contributed by atoms with Gasteiger partial charge in [-0.25, -0.2) is 0 Å². The van der Waals surface area contributed by atoms with E-state index in [0.29, 0.717) is 6.54 Å². The molecule has 21 heavy (non-hydrogen) atoms. The number of nitrogens with one attached hydrogen (secondary N) is 1. The number of carbonyl (C=O) groups excluding carboxylic acids is 1. The van der Waals surface area contributed by atoms with Gasteiger partial charge in [-0.2, -0.15) is 0 Å². The predicted octanol–water partition coefficient (Wildman–Crippen LogP) is 3.93. The van der Waals surface area contributed by atoms with Crippen LogP contribution in [0.2, 0.25) is 0 Å². The van der Waals surface area contributed by atoms with Gasteiger partial charge in [-0.15, -0.1) is 11.8 Å². The lowest BCUT2D eigenvalue weighted by Crippen LogP contribution is -2.30. The fourth-order valence-corrected chi connectivity index (χ4v) is 2.90. The molecule has 2 rings (SSSR count). The summed E-state index contributed by atoms with van der Waals surface area (Å²) in [6, 6.07) is 18.4. The van der Waals surface area contributed by atoms with Crippen LogP contribution < -0.4 is 5.32 Å². The molecule has 0 bridgehead atoms. The van der Waals surface area contributed by atoms with Crippen LogP contribution in [0.5, 0.6) is 0 Å². The predicted molar refractivity (Wildman–Crippen MR) is 90.2 cm³/mol. The monoisotopic (exact) mass is 299 g/mol. The first-order chi connectivity index (χ1) is 10.1. The van der Waals surface area contributed by atoms with Gasteiger partial charge in [-0.3, -0.25) is 4.79 Å². The second-order valence-corrected chi connectivity index (χ2v) is 6.47. The fraction of sp³-hybridized carbons (Fsp3) is 0.278. The summed E-state index contributed by atoms with van der Waals surface area (Å²) >= 11 is 1.66. The van der Waals surface area contributed by atoms with Crippen LogP contribution in [0.3, 0.4) is 0 Å². The largest absolute Gasteiger partial charge is 0.351 e. The lowest BCUT2D eigenvalue weighted by Gasteiger charge is -2.12. The summed E-state index contributed by atoms with van der Waals surface area (Å²) in [5.74, 6) is 0.956. The smallest absolute Gasteiger partial charge is 0.233 e. The maximum Gasteiger partial charge on any atom is 0.233 e. The zero-order chi connectivity index (χ0) is 15.1. The summed E-state index contributed by atoms with van der Waals surface area (Å²) in [7, 11) is 0. The molecule has 0 heterocycles. The Bertz CT molecular complexity index is 583. The molecule has 0 aliphatic rings. The number of carbonyl (C=O) groups is 1. The third kappa shape index (κ3) is 5.27. The molecule has 110 valence electrons. The molecule has 2 aromatic carbocycles. The van der Waals surface area contributed by atoms with Gasteiger partial charge < -0.3 is 5.32 Å². The highest BCUT2D eigenvalue weighted by Crippen LogP contribution is 2.17. The van der Waals surface area contributed by atoms with Crippen LogP contribution >= 0.6 is 11.8 Å². The summed E-state index contributed by atoms with van der Waals surface area (Å²) < 4.78 is 0. The third-order valence-corrected chi connectivity index (χ3v) is 4.48. The van der Waals surface area contributed by atoms with Crippen molar-refractivity contribution < 1.29 is 4.79 Å². The van der Waals surface area contributed by atoms with Crippen molar-refractivity contribution in [3.8, 4) is 0 Å². The normalized spacial score (nSPS) is 11.9. The Hall–Kier alpha value is -1.74. The first-order valence-corrected chi connectivity index (χ1v) is 8.19. The SMILES string of the molecule is Cc1cccc(CNC(=O)C(C)SCc2ccccc2)c1. The van der Waals surface area contributed by atoms with Crippen molar-refractivity contribution in [2.24, 2.45) is 0 Å². The van der Waals surface area contributed by atoms with E-state index in [2.05, 4.69) is 36.5 Å². The molecule has 2 aromatic rings. The summed E-state index contributed by atoms with van der Waals surface area (Å²) in [6.45, 7) is 4.61. The van der Waals surface area contributed by atoms with Gasteiger partial charge in [0, 0.05) is 12.3 Å². The Kier molecular flexibility index (Phi) is 5.88. The standard InChI is InChI=1S/C18H21NOS/c1-14-7-6-10-17(11-14)12-19-18(20)15(2)21-13-16-8-4-3-5-9-16/h3-11,15H,12-13H2,1-2H3,(H,19,20). The van der Waals surface area contributed by atoms with E-state index in [-0.39, 0.29) is 11.2 Å². The number of hydrogen-bond donors (Lipinski definition) is 1. The molecular weight excluding hydrogens is 278 g/mol. The molecule has 0 fully saturated rings. The van der Waals surface area contributed by atoms with Crippen LogP contribution in [0.15, 0.2) is 54.6 Å². The minimum Gasteiger partial charge on any atom is -0.351 e. The Morgan fingerprint density at radius 3 is 2.52 bits per heavy atom. The zero-order valence-electron chi connectivity index (χ0n) is 12.5. The van der Waals surface area contributed by atoms with Gasteiger partial charge in [0.25, 0.3) is 0 Å². The van der Waals surface area contributed by atoms with Crippen LogP contribution in [-0.2, 0) is 17.1 Å². The van der Waals surface area contributed by atoms with E-state index in [1.807, 2.05) is 37.3 Å². The summed E-state index contributed by atoms with van der Waals surface area (Å²) in [6.07, 6.45) is 0. The molecule has 0 aliphatic carbocycles. The lowest BCUT2D eigenvalue weighted by atomic mass is 10.1. The summed E-state index contributed by atoms with van der Waals surface area (Å²) in [4.78, 5) is 12.1. The van der Waals surface area contributed by atoms with Gasteiger partial charge in [-0.05, 0) is 25.0 Å². The number of amides is 1. The highest BCUT2D eigenvalue weighted by molar-refractivity contribution is 7.99. The van der Waals surface area contributed by atoms with Gasteiger partial charge in [0.05, 0.1) is 5.25 Å². The number of thioether (sulfide) groups is 1. The first-order valence-electron chi connectivity index (χ1n) is 7.14. The molecule has 2 nitrogen and oxygen atoms in total. The number of rotatable bonds is 6. The van der Waals surface area contributed by atoms with E-state index < -0.39 is 0 Å². The summed E-state index contributed by atoms with van der Waals surface area (Å²) in [5, 5.41) is 2.96. The highest BCUT2D eigenvalue weighted by atomic mass is 32.2. The van der Waals surface area contributed by atoms with Crippen LogP contribution in [0.25, 0.3) is 0 Å². The molecule has 1 N–H and O–H groups in total. The first kappa shape index (κ1) is 15.6. The molecule has 0 spiro atoms. The second kappa shape index (κ2) is 7.89. The van der Waals surface area contributed by atoms with Crippen LogP contribution in [0.4, 0.5) is 0 Å². The quantitative estimate of drug-likeness (QED) is 0.875. The molecule has 0 aromatic heterocycles. The Morgan fingerprint density at radius 1 is 1.10 bits per heavy atom.